The molecular weight excluding hydrogens is 300 g/mol. The molecule has 1 fully saturated rings. The molecule has 5 rings (SSSR count). The molecule has 1 aliphatic rings. The van der Waals surface area contributed by atoms with Gasteiger partial charge >= 0.3 is 0 Å². The molecule has 0 bridgehead atoms. The summed E-state index contributed by atoms with van der Waals surface area (Å²) in [5.41, 5.74) is 5.09. The van der Waals surface area contributed by atoms with E-state index >= 15 is 0 Å². The highest BCUT2D eigenvalue weighted by Gasteiger charge is 2.19. The normalized spacial score (nSPS) is 16.3. The number of nitrogens with zero attached hydrogens (tertiary/aromatic N) is 3. The second kappa shape index (κ2) is 5.54. The Balaban J connectivity index is 1.76. The number of quaternary nitrogens is 1. The lowest BCUT2D eigenvalue weighted by Gasteiger charge is -2.24. The fraction of sp³-hybridized carbons (Fsp3) is 0.263. The Hall–Kier alpha value is -2.50. The van der Waals surface area contributed by atoms with Gasteiger partial charge in [0.05, 0.1) is 29.8 Å². The van der Waals surface area contributed by atoms with Gasteiger partial charge in [-0.1, -0.05) is 30.3 Å². The van der Waals surface area contributed by atoms with Gasteiger partial charge in [0.15, 0.2) is 12.3 Å². The number of fused-ring (bicyclic) bond motifs is 4. The van der Waals surface area contributed by atoms with Gasteiger partial charge < -0.3 is 9.64 Å². The molecule has 2 aromatic heterocycles. The lowest BCUT2D eigenvalue weighted by Crippen LogP contribution is -3.13. The summed E-state index contributed by atoms with van der Waals surface area (Å²) in [5, 5.41) is 1.18. The second-order valence-electron chi connectivity index (χ2n) is 6.35. The van der Waals surface area contributed by atoms with E-state index in [4.69, 9.17) is 14.7 Å². The third-order valence-electron chi connectivity index (χ3n) is 4.84. The van der Waals surface area contributed by atoms with Crippen molar-refractivity contribution in [1.82, 2.24) is 14.5 Å². The van der Waals surface area contributed by atoms with Gasteiger partial charge in [-0.05, 0) is 18.2 Å². The Kier molecular flexibility index (Phi) is 3.21. The minimum atomic E-state index is 0.834. The lowest BCUT2D eigenvalue weighted by atomic mass is 10.2. The van der Waals surface area contributed by atoms with E-state index in [2.05, 4.69) is 28.8 Å². The van der Waals surface area contributed by atoms with E-state index in [-0.39, 0.29) is 0 Å². The Bertz CT molecular complexity index is 1030. The monoisotopic (exact) mass is 319 g/mol. The molecule has 1 N–H and O–H groups in total. The predicted molar refractivity (Wildman–Crippen MR) is 94.1 cm³/mol. The third kappa shape index (κ3) is 2.17. The topological polar surface area (TPSA) is 44.4 Å². The Labute approximate surface area is 139 Å². The van der Waals surface area contributed by atoms with Gasteiger partial charge in [-0.25, -0.2) is 9.97 Å². The maximum absolute atomic E-state index is 5.49. The fourth-order valence-corrected chi connectivity index (χ4v) is 3.58. The SMILES string of the molecule is c1ccc2nc3c(nc2c1)c1ccccc1n3C[NH+]1CCOCC1. The average molecular weight is 319 g/mol. The molecule has 3 heterocycles. The van der Waals surface area contributed by atoms with Crippen LogP contribution in [0.1, 0.15) is 0 Å². The van der Waals surface area contributed by atoms with Crippen LogP contribution in [0.15, 0.2) is 48.5 Å². The summed E-state index contributed by atoms with van der Waals surface area (Å²) in [7, 11) is 0. The summed E-state index contributed by atoms with van der Waals surface area (Å²) < 4.78 is 7.82. The number of aromatic nitrogens is 3. The standard InChI is InChI=1S/C19H18N4O/c1-4-8-17-14(5-1)18-19(21-16-7-3-2-6-15(16)20-18)23(17)13-22-9-11-24-12-10-22/h1-8H,9-13H2/p+1. The van der Waals surface area contributed by atoms with Crippen LogP contribution in [0.25, 0.3) is 33.1 Å². The van der Waals surface area contributed by atoms with Gasteiger partial charge in [-0.2, -0.15) is 0 Å². The zero-order chi connectivity index (χ0) is 15.9. The molecular formula is C19H19N4O+. The van der Waals surface area contributed by atoms with Crippen molar-refractivity contribution >= 4 is 33.1 Å². The molecule has 5 nitrogen and oxygen atoms in total. The van der Waals surface area contributed by atoms with Crippen LogP contribution in [0.5, 0.6) is 0 Å². The van der Waals surface area contributed by atoms with E-state index < -0.39 is 0 Å². The van der Waals surface area contributed by atoms with E-state index in [0.29, 0.717) is 0 Å². The van der Waals surface area contributed by atoms with Gasteiger partial charge in [0, 0.05) is 5.39 Å². The highest BCUT2D eigenvalue weighted by molar-refractivity contribution is 6.06. The smallest absolute Gasteiger partial charge is 0.164 e. The molecule has 24 heavy (non-hydrogen) atoms. The number of nitrogens with one attached hydrogen (secondary N) is 1. The number of hydrogen-bond acceptors (Lipinski definition) is 3. The summed E-state index contributed by atoms with van der Waals surface area (Å²) in [5.74, 6) is 0. The average Bonchev–Trinajstić information content (AvgIpc) is 2.94. The number of benzene rings is 2. The van der Waals surface area contributed by atoms with Crippen LogP contribution < -0.4 is 4.90 Å². The summed E-state index contributed by atoms with van der Waals surface area (Å²) >= 11 is 0. The van der Waals surface area contributed by atoms with Gasteiger partial charge in [-0.15, -0.1) is 0 Å². The summed E-state index contributed by atoms with van der Waals surface area (Å²) in [4.78, 5) is 11.4. The second-order valence-corrected chi connectivity index (χ2v) is 6.35. The molecule has 5 heteroatoms. The lowest BCUT2D eigenvalue weighted by molar-refractivity contribution is -0.929. The number of morpholine rings is 1. The van der Waals surface area contributed by atoms with Crippen LogP contribution in [0, 0.1) is 0 Å². The molecule has 0 amide bonds. The zero-order valence-corrected chi connectivity index (χ0v) is 13.4. The minimum absolute atomic E-state index is 0.834. The van der Waals surface area contributed by atoms with Crippen molar-refractivity contribution < 1.29 is 9.64 Å². The summed E-state index contributed by atoms with van der Waals surface area (Å²) in [6, 6.07) is 16.6. The Morgan fingerprint density at radius 2 is 1.62 bits per heavy atom. The first-order valence-electron chi connectivity index (χ1n) is 8.45. The molecule has 1 saturated heterocycles. The van der Waals surface area contributed by atoms with Crippen LogP contribution in [0.4, 0.5) is 0 Å². The first kappa shape index (κ1) is 13.9. The van der Waals surface area contributed by atoms with Gasteiger partial charge in [0.25, 0.3) is 0 Å². The summed E-state index contributed by atoms with van der Waals surface area (Å²) in [6.07, 6.45) is 0. The van der Waals surface area contributed by atoms with Gasteiger partial charge in [-0.3, -0.25) is 4.57 Å². The third-order valence-corrected chi connectivity index (χ3v) is 4.84. The molecule has 0 unspecified atom stereocenters. The largest absolute Gasteiger partial charge is 0.370 e. The first-order chi connectivity index (χ1) is 11.9. The van der Waals surface area contributed by atoms with Crippen molar-refractivity contribution in [3.63, 3.8) is 0 Å². The maximum Gasteiger partial charge on any atom is 0.164 e. The molecule has 0 radical (unpaired) electrons. The summed E-state index contributed by atoms with van der Waals surface area (Å²) in [6.45, 7) is 4.65. The van der Waals surface area contributed by atoms with Crippen LogP contribution in [0.2, 0.25) is 0 Å². The van der Waals surface area contributed by atoms with E-state index in [9.17, 15) is 0 Å². The molecule has 0 saturated carbocycles. The van der Waals surface area contributed by atoms with E-state index in [0.717, 1.165) is 55.2 Å². The molecule has 0 aliphatic carbocycles. The van der Waals surface area contributed by atoms with E-state index in [1.54, 1.807) is 0 Å². The number of hydrogen-bond donors (Lipinski definition) is 1. The molecule has 0 spiro atoms. The number of para-hydroxylation sites is 3. The highest BCUT2D eigenvalue weighted by Crippen LogP contribution is 2.27. The number of rotatable bonds is 2. The molecule has 120 valence electrons. The van der Waals surface area contributed by atoms with Crippen LogP contribution >= 0.6 is 0 Å². The van der Waals surface area contributed by atoms with Crippen LogP contribution in [-0.4, -0.2) is 40.8 Å². The van der Waals surface area contributed by atoms with Crippen molar-refractivity contribution in [2.45, 2.75) is 6.67 Å². The molecule has 2 aromatic carbocycles. The van der Waals surface area contributed by atoms with Gasteiger partial charge in [0.1, 0.15) is 18.6 Å². The predicted octanol–water partition coefficient (Wildman–Crippen LogP) is 1.61. The molecule has 1 aliphatic heterocycles. The van der Waals surface area contributed by atoms with E-state index in [1.807, 2.05) is 24.3 Å². The van der Waals surface area contributed by atoms with Crippen molar-refractivity contribution in [3.05, 3.63) is 48.5 Å². The maximum atomic E-state index is 5.49. The van der Waals surface area contributed by atoms with Crippen molar-refractivity contribution in [1.29, 1.82) is 0 Å². The molecule has 0 atom stereocenters. The van der Waals surface area contributed by atoms with Crippen LogP contribution in [-0.2, 0) is 11.4 Å². The van der Waals surface area contributed by atoms with Crippen molar-refractivity contribution in [3.8, 4) is 0 Å². The fourth-order valence-electron chi connectivity index (χ4n) is 3.58. The van der Waals surface area contributed by atoms with E-state index in [1.165, 1.54) is 15.8 Å². The van der Waals surface area contributed by atoms with Crippen molar-refractivity contribution in [2.24, 2.45) is 0 Å². The minimum Gasteiger partial charge on any atom is -0.370 e. The van der Waals surface area contributed by atoms with Crippen LogP contribution in [0.3, 0.4) is 0 Å². The Morgan fingerprint density at radius 3 is 2.46 bits per heavy atom. The molecule has 4 aromatic rings. The zero-order valence-electron chi connectivity index (χ0n) is 13.4. The quantitative estimate of drug-likeness (QED) is 0.610. The Morgan fingerprint density at radius 1 is 0.917 bits per heavy atom. The van der Waals surface area contributed by atoms with Crippen molar-refractivity contribution in [2.75, 3.05) is 26.3 Å². The van der Waals surface area contributed by atoms with Gasteiger partial charge in [0.2, 0.25) is 0 Å². The number of ether oxygens (including phenoxy) is 1. The highest BCUT2D eigenvalue weighted by atomic mass is 16.5. The first-order valence-corrected chi connectivity index (χ1v) is 8.45.